The molecule has 0 aliphatic heterocycles. The van der Waals surface area contributed by atoms with Crippen LogP contribution in [0.15, 0.2) is 12.3 Å². The van der Waals surface area contributed by atoms with Gasteiger partial charge < -0.3 is 4.90 Å². The topological polar surface area (TPSA) is 3.24 Å². The number of rotatable bonds is 11. The molecule has 108 valence electrons. The van der Waals surface area contributed by atoms with Crippen LogP contribution in [0.2, 0.25) is 0 Å². The Morgan fingerprint density at radius 2 is 1.44 bits per heavy atom. The van der Waals surface area contributed by atoms with Crippen molar-refractivity contribution >= 4 is 0 Å². The van der Waals surface area contributed by atoms with Crippen LogP contribution in [0.3, 0.4) is 0 Å². The summed E-state index contributed by atoms with van der Waals surface area (Å²) < 4.78 is 0. The molecule has 0 atom stereocenters. The third-order valence-corrected chi connectivity index (χ3v) is 3.56. The van der Waals surface area contributed by atoms with Gasteiger partial charge in [-0.3, -0.25) is 0 Å². The smallest absolute Gasteiger partial charge is 0.0171 e. The normalized spacial score (nSPS) is 11.3. The van der Waals surface area contributed by atoms with Crippen LogP contribution in [0.5, 0.6) is 0 Å². The molecule has 0 saturated heterocycles. The zero-order valence-electron chi connectivity index (χ0n) is 13.5. The molecule has 0 aromatic heterocycles. The number of nitrogens with zero attached hydrogens (tertiary/aromatic N) is 1. The second-order valence-corrected chi connectivity index (χ2v) is 6.52. The third kappa shape index (κ3) is 10.7. The van der Waals surface area contributed by atoms with Crippen molar-refractivity contribution in [3.8, 4) is 0 Å². The van der Waals surface area contributed by atoms with Crippen molar-refractivity contribution in [1.82, 2.24) is 4.90 Å². The fourth-order valence-corrected chi connectivity index (χ4v) is 2.14. The summed E-state index contributed by atoms with van der Waals surface area (Å²) in [5, 5.41) is 0. The van der Waals surface area contributed by atoms with Crippen molar-refractivity contribution in [1.29, 1.82) is 0 Å². The zero-order valence-corrected chi connectivity index (χ0v) is 13.5. The maximum Gasteiger partial charge on any atom is 0.0171 e. The first-order valence-corrected chi connectivity index (χ1v) is 7.82. The van der Waals surface area contributed by atoms with E-state index < -0.39 is 0 Å². The SMILES string of the molecule is C=C(CCCCCC(C)C)N(C)CCCC(C)C. The van der Waals surface area contributed by atoms with Crippen LogP contribution in [0.25, 0.3) is 0 Å². The number of hydrogen-bond acceptors (Lipinski definition) is 1. The number of hydrogen-bond donors (Lipinski definition) is 0. The van der Waals surface area contributed by atoms with Crippen LogP contribution in [0.4, 0.5) is 0 Å². The molecule has 18 heavy (non-hydrogen) atoms. The van der Waals surface area contributed by atoms with E-state index in [0.717, 1.165) is 11.8 Å². The molecule has 0 bridgehead atoms. The lowest BCUT2D eigenvalue weighted by atomic mass is 10.0. The summed E-state index contributed by atoms with van der Waals surface area (Å²) in [5.41, 5.74) is 1.32. The van der Waals surface area contributed by atoms with Gasteiger partial charge in [0.15, 0.2) is 0 Å². The van der Waals surface area contributed by atoms with E-state index in [1.165, 1.54) is 57.2 Å². The minimum absolute atomic E-state index is 0.822. The predicted molar refractivity (Wildman–Crippen MR) is 83.8 cm³/mol. The van der Waals surface area contributed by atoms with Crippen LogP contribution in [0.1, 0.15) is 72.6 Å². The van der Waals surface area contributed by atoms with Gasteiger partial charge in [0.2, 0.25) is 0 Å². The van der Waals surface area contributed by atoms with Gasteiger partial charge in [-0.2, -0.15) is 0 Å². The van der Waals surface area contributed by atoms with E-state index in [2.05, 4.69) is 46.2 Å². The minimum atomic E-state index is 0.822. The number of unbranched alkanes of at least 4 members (excludes halogenated alkanes) is 2. The monoisotopic (exact) mass is 253 g/mol. The molecule has 0 N–H and O–H groups in total. The quantitative estimate of drug-likeness (QED) is 0.441. The van der Waals surface area contributed by atoms with Gasteiger partial charge in [0.05, 0.1) is 0 Å². The Morgan fingerprint density at radius 1 is 0.889 bits per heavy atom. The summed E-state index contributed by atoms with van der Waals surface area (Å²) in [4.78, 5) is 2.35. The van der Waals surface area contributed by atoms with Crippen molar-refractivity contribution in [3.05, 3.63) is 12.3 Å². The molecule has 0 heterocycles. The molecule has 0 aliphatic rings. The standard InChI is InChI=1S/C17H35N/c1-15(2)11-8-7-9-13-17(5)18(6)14-10-12-16(3)4/h15-16H,5,7-14H2,1-4,6H3. The van der Waals surface area contributed by atoms with Crippen LogP contribution < -0.4 is 0 Å². The summed E-state index contributed by atoms with van der Waals surface area (Å²) in [6.07, 6.45) is 9.21. The van der Waals surface area contributed by atoms with Gasteiger partial charge in [0.1, 0.15) is 0 Å². The molecule has 1 nitrogen and oxygen atoms in total. The van der Waals surface area contributed by atoms with E-state index in [0.29, 0.717) is 0 Å². The molecule has 0 saturated carbocycles. The molecule has 0 radical (unpaired) electrons. The first kappa shape index (κ1) is 17.5. The zero-order chi connectivity index (χ0) is 14.0. The molecule has 0 rings (SSSR count). The van der Waals surface area contributed by atoms with E-state index in [4.69, 9.17) is 0 Å². The highest BCUT2D eigenvalue weighted by Crippen LogP contribution is 2.15. The van der Waals surface area contributed by atoms with Crippen LogP contribution in [-0.2, 0) is 0 Å². The molecule has 0 aromatic rings. The Kier molecular flexibility index (Phi) is 10.2. The fourth-order valence-electron chi connectivity index (χ4n) is 2.14. The van der Waals surface area contributed by atoms with Crippen LogP contribution >= 0.6 is 0 Å². The molecular weight excluding hydrogens is 218 g/mol. The first-order chi connectivity index (χ1) is 8.43. The molecular formula is C17H35N. The van der Waals surface area contributed by atoms with Gasteiger partial charge in [-0.1, -0.05) is 53.5 Å². The second-order valence-electron chi connectivity index (χ2n) is 6.52. The molecule has 0 fully saturated rings. The fraction of sp³-hybridized carbons (Fsp3) is 0.882. The van der Waals surface area contributed by atoms with Gasteiger partial charge in [0, 0.05) is 19.3 Å². The van der Waals surface area contributed by atoms with Gasteiger partial charge in [0.25, 0.3) is 0 Å². The van der Waals surface area contributed by atoms with Gasteiger partial charge in [-0.05, 0) is 37.5 Å². The van der Waals surface area contributed by atoms with E-state index in [9.17, 15) is 0 Å². The highest BCUT2D eigenvalue weighted by molar-refractivity contribution is 4.91. The van der Waals surface area contributed by atoms with Crippen LogP contribution in [-0.4, -0.2) is 18.5 Å². The van der Waals surface area contributed by atoms with Crippen LogP contribution in [0, 0.1) is 11.8 Å². The van der Waals surface area contributed by atoms with E-state index in [-0.39, 0.29) is 0 Å². The number of allylic oxidation sites excluding steroid dienone is 1. The lowest BCUT2D eigenvalue weighted by Gasteiger charge is -2.22. The van der Waals surface area contributed by atoms with Crippen molar-refractivity contribution < 1.29 is 0 Å². The molecule has 0 aliphatic carbocycles. The van der Waals surface area contributed by atoms with Gasteiger partial charge >= 0.3 is 0 Å². The highest BCUT2D eigenvalue weighted by atomic mass is 15.1. The summed E-state index contributed by atoms with van der Waals surface area (Å²) >= 11 is 0. The Balaban J connectivity index is 3.50. The average molecular weight is 253 g/mol. The molecule has 0 unspecified atom stereocenters. The van der Waals surface area contributed by atoms with E-state index >= 15 is 0 Å². The summed E-state index contributed by atoms with van der Waals surface area (Å²) in [6.45, 7) is 14.6. The maximum atomic E-state index is 4.21. The van der Waals surface area contributed by atoms with E-state index in [1.54, 1.807) is 0 Å². The molecule has 0 amide bonds. The van der Waals surface area contributed by atoms with Gasteiger partial charge in [-0.15, -0.1) is 0 Å². The second kappa shape index (κ2) is 10.5. The van der Waals surface area contributed by atoms with Gasteiger partial charge in [-0.25, -0.2) is 0 Å². The third-order valence-electron chi connectivity index (χ3n) is 3.56. The maximum absolute atomic E-state index is 4.21. The molecule has 1 heteroatoms. The summed E-state index contributed by atoms with van der Waals surface area (Å²) in [6, 6.07) is 0. The van der Waals surface area contributed by atoms with Crippen molar-refractivity contribution in [2.75, 3.05) is 13.6 Å². The minimum Gasteiger partial charge on any atom is -0.378 e. The van der Waals surface area contributed by atoms with Crippen molar-refractivity contribution in [3.63, 3.8) is 0 Å². The largest absolute Gasteiger partial charge is 0.378 e. The van der Waals surface area contributed by atoms with E-state index in [1.807, 2.05) is 0 Å². The molecule has 0 spiro atoms. The lowest BCUT2D eigenvalue weighted by molar-refractivity contribution is 0.370. The molecule has 0 aromatic carbocycles. The predicted octanol–water partition coefficient (Wildman–Crippen LogP) is 5.47. The Hall–Kier alpha value is -0.460. The average Bonchev–Trinajstić information content (AvgIpc) is 2.27. The summed E-state index contributed by atoms with van der Waals surface area (Å²) in [5.74, 6) is 1.68. The van der Waals surface area contributed by atoms with Crippen molar-refractivity contribution in [2.24, 2.45) is 11.8 Å². The Bertz CT molecular complexity index is 206. The first-order valence-electron chi connectivity index (χ1n) is 7.82. The summed E-state index contributed by atoms with van der Waals surface area (Å²) in [7, 11) is 2.19. The highest BCUT2D eigenvalue weighted by Gasteiger charge is 2.03. The Morgan fingerprint density at radius 3 is 2.00 bits per heavy atom. The lowest BCUT2D eigenvalue weighted by Crippen LogP contribution is -2.18. The van der Waals surface area contributed by atoms with Crippen molar-refractivity contribution in [2.45, 2.75) is 72.6 Å². The Labute approximate surface area is 116 Å².